The Balaban J connectivity index is 2.23. The molecule has 1 saturated heterocycles. The number of hydrogen-bond donors (Lipinski definition) is 1. The number of benzene rings is 1. The van der Waals surface area contributed by atoms with Gasteiger partial charge in [-0.2, -0.15) is 8.78 Å². The topological polar surface area (TPSA) is 38.5 Å². The summed E-state index contributed by atoms with van der Waals surface area (Å²) in [6.07, 6.45) is 1.08. The van der Waals surface area contributed by atoms with Crippen molar-refractivity contribution >= 4 is 0 Å². The van der Waals surface area contributed by atoms with E-state index in [9.17, 15) is 8.78 Å². The maximum atomic E-state index is 12.5. The predicted molar refractivity (Wildman–Crippen MR) is 74.8 cm³/mol. The highest BCUT2D eigenvalue weighted by molar-refractivity contribution is 5.36. The molecule has 1 aliphatic heterocycles. The van der Waals surface area contributed by atoms with Crippen LogP contribution in [0.4, 0.5) is 8.78 Å². The fourth-order valence-electron chi connectivity index (χ4n) is 2.85. The van der Waals surface area contributed by atoms with Crippen LogP contribution in [0.25, 0.3) is 0 Å². The number of nitrogens with zero attached hydrogens (tertiary/aromatic N) is 1. The number of hydrogen-bond acceptors (Lipinski definition) is 3. The summed E-state index contributed by atoms with van der Waals surface area (Å²) in [6.45, 7) is 3.84. The van der Waals surface area contributed by atoms with Gasteiger partial charge in [0, 0.05) is 18.7 Å². The Labute approximate surface area is 118 Å². The Hall–Kier alpha value is -1.20. The average Bonchev–Trinajstić information content (AvgIpc) is 2.72. The second-order valence-corrected chi connectivity index (χ2v) is 6.05. The maximum absolute atomic E-state index is 12.5. The third-order valence-corrected chi connectivity index (χ3v) is 3.87. The molecule has 5 heteroatoms. The number of likely N-dealkylation sites (tertiary alicyclic amines) is 1. The summed E-state index contributed by atoms with van der Waals surface area (Å²) < 4.78 is 29.6. The zero-order valence-electron chi connectivity index (χ0n) is 12.0. The first-order chi connectivity index (χ1) is 9.43. The van der Waals surface area contributed by atoms with E-state index in [0.717, 1.165) is 25.1 Å². The summed E-state index contributed by atoms with van der Waals surface area (Å²) in [6, 6.07) is 6.85. The molecule has 1 fully saturated rings. The molecule has 2 N–H and O–H groups in total. The second kappa shape index (κ2) is 6.06. The number of alkyl halides is 2. The Kier molecular flexibility index (Phi) is 4.60. The number of nitrogens with two attached hydrogens (primary N) is 1. The van der Waals surface area contributed by atoms with Gasteiger partial charge in [-0.15, -0.1) is 0 Å². The lowest BCUT2D eigenvalue weighted by atomic mass is 9.93. The van der Waals surface area contributed by atoms with Crippen LogP contribution in [-0.2, 0) is 0 Å². The monoisotopic (exact) mass is 284 g/mol. The SMILES string of the molecule is CC1(C)CCN(C(CN)c2ccccc2OC(F)F)C1. The van der Waals surface area contributed by atoms with E-state index in [1.165, 1.54) is 0 Å². The van der Waals surface area contributed by atoms with E-state index in [1.807, 2.05) is 12.1 Å². The zero-order valence-corrected chi connectivity index (χ0v) is 12.0. The summed E-state index contributed by atoms with van der Waals surface area (Å²) in [5.74, 6) is 0.225. The Morgan fingerprint density at radius 2 is 2.05 bits per heavy atom. The van der Waals surface area contributed by atoms with Crippen LogP contribution in [0.2, 0.25) is 0 Å². The molecule has 0 bridgehead atoms. The van der Waals surface area contributed by atoms with Crippen molar-refractivity contribution in [3.05, 3.63) is 29.8 Å². The fraction of sp³-hybridized carbons (Fsp3) is 0.600. The van der Waals surface area contributed by atoms with Crippen molar-refractivity contribution in [2.24, 2.45) is 11.1 Å². The number of para-hydroxylation sites is 1. The highest BCUT2D eigenvalue weighted by Crippen LogP contribution is 2.37. The molecular formula is C15H22F2N2O. The second-order valence-electron chi connectivity index (χ2n) is 6.05. The molecule has 0 aromatic heterocycles. The van der Waals surface area contributed by atoms with Crippen LogP contribution < -0.4 is 10.5 Å². The molecule has 0 saturated carbocycles. The standard InChI is InChI=1S/C15H22F2N2O/c1-15(2)7-8-19(10-15)12(9-18)11-5-3-4-6-13(11)20-14(16)17/h3-6,12,14H,7-10,18H2,1-2H3. The minimum Gasteiger partial charge on any atom is -0.434 e. The van der Waals surface area contributed by atoms with Gasteiger partial charge in [-0.05, 0) is 24.4 Å². The van der Waals surface area contributed by atoms with Crippen molar-refractivity contribution < 1.29 is 13.5 Å². The van der Waals surface area contributed by atoms with Gasteiger partial charge < -0.3 is 10.5 Å². The van der Waals surface area contributed by atoms with Crippen LogP contribution in [0.3, 0.4) is 0 Å². The van der Waals surface area contributed by atoms with E-state index in [0.29, 0.717) is 6.54 Å². The molecule has 0 spiro atoms. The number of ether oxygens (including phenoxy) is 1. The highest BCUT2D eigenvalue weighted by Gasteiger charge is 2.34. The van der Waals surface area contributed by atoms with Gasteiger partial charge in [0.15, 0.2) is 0 Å². The predicted octanol–water partition coefficient (Wildman–Crippen LogP) is 3.02. The maximum Gasteiger partial charge on any atom is 0.387 e. The molecule has 20 heavy (non-hydrogen) atoms. The summed E-state index contributed by atoms with van der Waals surface area (Å²) in [5.41, 5.74) is 6.87. The van der Waals surface area contributed by atoms with Crippen LogP contribution in [0, 0.1) is 5.41 Å². The molecule has 1 aromatic carbocycles. The van der Waals surface area contributed by atoms with Gasteiger partial charge in [0.05, 0.1) is 6.04 Å². The molecule has 1 unspecified atom stereocenters. The average molecular weight is 284 g/mol. The number of rotatable bonds is 5. The summed E-state index contributed by atoms with van der Waals surface area (Å²) in [5, 5.41) is 0. The Morgan fingerprint density at radius 3 is 2.60 bits per heavy atom. The summed E-state index contributed by atoms with van der Waals surface area (Å²) in [4.78, 5) is 2.26. The van der Waals surface area contributed by atoms with E-state index in [4.69, 9.17) is 5.73 Å². The lowest BCUT2D eigenvalue weighted by molar-refractivity contribution is -0.0511. The first-order valence-corrected chi connectivity index (χ1v) is 6.91. The van der Waals surface area contributed by atoms with Gasteiger partial charge in [0.1, 0.15) is 5.75 Å². The normalized spacial score (nSPS) is 20.3. The molecule has 2 rings (SSSR count). The minimum absolute atomic E-state index is 0.0771. The van der Waals surface area contributed by atoms with Crippen molar-refractivity contribution in [1.29, 1.82) is 0 Å². The summed E-state index contributed by atoms with van der Waals surface area (Å²) in [7, 11) is 0. The molecule has 1 heterocycles. The largest absolute Gasteiger partial charge is 0.434 e. The quantitative estimate of drug-likeness (QED) is 0.903. The van der Waals surface area contributed by atoms with Gasteiger partial charge in [0.25, 0.3) is 0 Å². The third kappa shape index (κ3) is 3.46. The zero-order chi connectivity index (χ0) is 14.8. The smallest absolute Gasteiger partial charge is 0.387 e. The van der Waals surface area contributed by atoms with E-state index in [-0.39, 0.29) is 17.2 Å². The van der Waals surface area contributed by atoms with E-state index in [2.05, 4.69) is 23.5 Å². The lowest BCUT2D eigenvalue weighted by Crippen LogP contribution is -2.33. The minimum atomic E-state index is -2.82. The molecule has 1 aliphatic rings. The first kappa shape index (κ1) is 15.2. The van der Waals surface area contributed by atoms with Crippen molar-refractivity contribution in [3.63, 3.8) is 0 Å². The first-order valence-electron chi connectivity index (χ1n) is 6.91. The molecule has 3 nitrogen and oxygen atoms in total. The van der Waals surface area contributed by atoms with Crippen molar-refractivity contribution in [1.82, 2.24) is 4.90 Å². The Bertz CT molecular complexity index is 451. The molecular weight excluding hydrogens is 262 g/mol. The number of halogens is 2. The molecule has 1 atom stereocenters. The molecule has 0 aliphatic carbocycles. The van der Waals surface area contributed by atoms with E-state index < -0.39 is 6.61 Å². The van der Waals surface area contributed by atoms with E-state index in [1.54, 1.807) is 12.1 Å². The van der Waals surface area contributed by atoms with Crippen molar-refractivity contribution in [2.75, 3.05) is 19.6 Å². The van der Waals surface area contributed by atoms with Crippen LogP contribution in [0.15, 0.2) is 24.3 Å². The van der Waals surface area contributed by atoms with Crippen molar-refractivity contribution in [2.45, 2.75) is 32.9 Å². The van der Waals surface area contributed by atoms with Crippen LogP contribution in [0.5, 0.6) is 5.75 Å². The van der Waals surface area contributed by atoms with Gasteiger partial charge in [-0.25, -0.2) is 0 Å². The Morgan fingerprint density at radius 1 is 1.35 bits per heavy atom. The van der Waals surface area contributed by atoms with Gasteiger partial charge in [-0.3, -0.25) is 4.90 Å². The van der Waals surface area contributed by atoms with Crippen LogP contribution in [-0.4, -0.2) is 31.1 Å². The van der Waals surface area contributed by atoms with Crippen LogP contribution >= 0.6 is 0 Å². The van der Waals surface area contributed by atoms with Gasteiger partial charge in [0.2, 0.25) is 0 Å². The molecule has 112 valence electrons. The highest BCUT2D eigenvalue weighted by atomic mass is 19.3. The van der Waals surface area contributed by atoms with Gasteiger partial charge >= 0.3 is 6.61 Å². The van der Waals surface area contributed by atoms with E-state index >= 15 is 0 Å². The lowest BCUT2D eigenvalue weighted by Gasteiger charge is -2.29. The van der Waals surface area contributed by atoms with Crippen molar-refractivity contribution in [3.8, 4) is 5.75 Å². The van der Waals surface area contributed by atoms with Gasteiger partial charge in [-0.1, -0.05) is 32.0 Å². The molecule has 1 aromatic rings. The molecule has 0 radical (unpaired) electrons. The van der Waals surface area contributed by atoms with Crippen LogP contribution in [0.1, 0.15) is 31.9 Å². The molecule has 0 amide bonds. The fourth-order valence-corrected chi connectivity index (χ4v) is 2.85. The summed E-state index contributed by atoms with van der Waals surface area (Å²) >= 11 is 0. The third-order valence-electron chi connectivity index (χ3n) is 3.87.